The first-order valence-electron chi connectivity index (χ1n) is 6.86. The van der Waals surface area contributed by atoms with E-state index in [0.29, 0.717) is 30.4 Å². The van der Waals surface area contributed by atoms with Crippen LogP contribution in [0.2, 0.25) is 5.02 Å². The molecular formula is C15H16ClN3O2. The second kappa shape index (κ2) is 5.87. The summed E-state index contributed by atoms with van der Waals surface area (Å²) in [6.45, 7) is 3.74. The Hall–Kier alpha value is -1.85. The second-order valence-electron chi connectivity index (χ2n) is 5.06. The van der Waals surface area contributed by atoms with Gasteiger partial charge in [0.1, 0.15) is 0 Å². The molecule has 6 heteroatoms. The van der Waals surface area contributed by atoms with Crippen LogP contribution < -0.4 is 0 Å². The molecule has 2 aromatic rings. The van der Waals surface area contributed by atoms with Crippen molar-refractivity contribution in [2.24, 2.45) is 0 Å². The minimum absolute atomic E-state index is 0.0640. The molecule has 1 saturated heterocycles. The molecule has 1 aliphatic heterocycles. The van der Waals surface area contributed by atoms with Crippen LogP contribution in [0.3, 0.4) is 0 Å². The van der Waals surface area contributed by atoms with E-state index < -0.39 is 0 Å². The van der Waals surface area contributed by atoms with Crippen LogP contribution in [0.15, 0.2) is 36.5 Å². The third kappa shape index (κ3) is 3.09. The van der Waals surface area contributed by atoms with Gasteiger partial charge in [-0.25, -0.2) is 4.68 Å². The number of hydrogen-bond donors (Lipinski definition) is 0. The van der Waals surface area contributed by atoms with Gasteiger partial charge >= 0.3 is 0 Å². The highest BCUT2D eigenvalue weighted by atomic mass is 35.5. The van der Waals surface area contributed by atoms with Gasteiger partial charge in [0.2, 0.25) is 0 Å². The third-order valence-corrected chi connectivity index (χ3v) is 3.64. The molecule has 5 nitrogen and oxygen atoms in total. The molecule has 1 aliphatic rings. The monoisotopic (exact) mass is 305 g/mol. The molecule has 110 valence electrons. The summed E-state index contributed by atoms with van der Waals surface area (Å²) < 4.78 is 7.10. The fraction of sp³-hybridized carbons (Fsp3) is 0.333. The van der Waals surface area contributed by atoms with Crippen molar-refractivity contribution < 1.29 is 9.53 Å². The van der Waals surface area contributed by atoms with E-state index in [4.69, 9.17) is 16.3 Å². The average Bonchev–Trinajstić information content (AvgIpc) is 2.96. The molecule has 0 radical (unpaired) electrons. The van der Waals surface area contributed by atoms with E-state index in [-0.39, 0.29) is 12.0 Å². The molecule has 0 aliphatic carbocycles. The van der Waals surface area contributed by atoms with Crippen LogP contribution in [-0.2, 0) is 4.74 Å². The van der Waals surface area contributed by atoms with Gasteiger partial charge in [0.15, 0.2) is 5.69 Å². The molecular weight excluding hydrogens is 290 g/mol. The van der Waals surface area contributed by atoms with Crippen LogP contribution in [-0.4, -0.2) is 46.4 Å². The van der Waals surface area contributed by atoms with E-state index in [1.54, 1.807) is 34.0 Å². The fourth-order valence-electron chi connectivity index (χ4n) is 2.37. The molecule has 0 spiro atoms. The Morgan fingerprint density at radius 1 is 1.43 bits per heavy atom. The van der Waals surface area contributed by atoms with Gasteiger partial charge in [-0.15, -0.1) is 0 Å². The number of halogens is 1. The van der Waals surface area contributed by atoms with Gasteiger partial charge < -0.3 is 9.64 Å². The highest BCUT2D eigenvalue weighted by molar-refractivity contribution is 6.30. The summed E-state index contributed by atoms with van der Waals surface area (Å²) in [6.07, 6.45) is 1.83. The predicted octanol–water partition coefficient (Wildman–Crippen LogP) is 2.39. The Balaban J connectivity index is 1.80. The first kappa shape index (κ1) is 14.1. The number of ether oxygens (including phenoxy) is 1. The van der Waals surface area contributed by atoms with Crippen LogP contribution in [0, 0.1) is 0 Å². The van der Waals surface area contributed by atoms with Crippen LogP contribution in [0.4, 0.5) is 0 Å². The molecule has 1 aromatic carbocycles. The number of benzene rings is 1. The molecule has 3 rings (SSSR count). The summed E-state index contributed by atoms with van der Waals surface area (Å²) >= 11 is 5.97. The lowest BCUT2D eigenvalue weighted by Crippen LogP contribution is -2.44. The fourth-order valence-corrected chi connectivity index (χ4v) is 2.55. The smallest absolute Gasteiger partial charge is 0.274 e. The Bertz CT molecular complexity index is 656. The van der Waals surface area contributed by atoms with Crippen LogP contribution in [0.25, 0.3) is 5.69 Å². The number of carbonyl (C=O) groups is 1. The van der Waals surface area contributed by atoms with Gasteiger partial charge in [-0.2, -0.15) is 5.10 Å². The number of nitrogens with zero attached hydrogens (tertiary/aromatic N) is 3. The molecule has 1 atom stereocenters. The molecule has 2 heterocycles. The van der Waals surface area contributed by atoms with Crippen molar-refractivity contribution in [3.63, 3.8) is 0 Å². The Morgan fingerprint density at radius 3 is 3.05 bits per heavy atom. The lowest BCUT2D eigenvalue weighted by molar-refractivity contribution is -0.0126. The Labute approximate surface area is 128 Å². The Morgan fingerprint density at radius 2 is 2.29 bits per heavy atom. The third-order valence-electron chi connectivity index (χ3n) is 3.41. The standard InChI is InChI=1S/C15H16ClN3O2/c1-11-10-18(7-8-21-11)15(20)14-5-6-19(17-14)13-4-2-3-12(16)9-13/h2-6,9,11H,7-8,10H2,1H3/t11-/m1/s1. The van der Waals surface area contributed by atoms with Crippen molar-refractivity contribution in [3.8, 4) is 5.69 Å². The molecule has 21 heavy (non-hydrogen) atoms. The minimum Gasteiger partial charge on any atom is -0.375 e. The highest BCUT2D eigenvalue weighted by Gasteiger charge is 2.24. The van der Waals surface area contributed by atoms with Gasteiger partial charge in [-0.05, 0) is 31.2 Å². The van der Waals surface area contributed by atoms with Crippen molar-refractivity contribution >= 4 is 17.5 Å². The molecule has 0 bridgehead atoms. The number of rotatable bonds is 2. The van der Waals surface area contributed by atoms with Gasteiger partial charge in [-0.1, -0.05) is 17.7 Å². The van der Waals surface area contributed by atoms with Gasteiger partial charge in [0, 0.05) is 24.3 Å². The summed E-state index contributed by atoms with van der Waals surface area (Å²) in [5.41, 5.74) is 1.26. The summed E-state index contributed by atoms with van der Waals surface area (Å²) in [5, 5.41) is 4.98. The number of morpholine rings is 1. The lowest BCUT2D eigenvalue weighted by Gasteiger charge is -2.30. The Kier molecular flexibility index (Phi) is 3.94. The normalized spacial score (nSPS) is 18.8. The van der Waals surface area contributed by atoms with Crippen molar-refractivity contribution in [2.75, 3.05) is 19.7 Å². The van der Waals surface area contributed by atoms with E-state index in [1.807, 2.05) is 19.1 Å². The maximum Gasteiger partial charge on any atom is 0.274 e. The lowest BCUT2D eigenvalue weighted by atomic mass is 10.2. The van der Waals surface area contributed by atoms with Crippen LogP contribution in [0.1, 0.15) is 17.4 Å². The molecule has 1 amide bonds. The summed E-state index contributed by atoms with van der Waals surface area (Å²) in [6, 6.07) is 9.08. The van der Waals surface area contributed by atoms with E-state index >= 15 is 0 Å². The van der Waals surface area contributed by atoms with Crippen molar-refractivity contribution in [2.45, 2.75) is 13.0 Å². The van der Waals surface area contributed by atoms with Crippen LogP contribution in [0.5, 0.6) is 0 Å². The second-order valence-corrected chi connectivity index (χ2v) is 5.49. The summed E-state index contributed by atoms with van der Waals surface area (Å²) in [7, 11) is 0. The van der Waals surface area contributed by atoms with Crippen molar-refractivity contribution in [3.05, 3.63) is 47.2 Å². The first-order valence-corrected chi connectivity index (χ1v) is 7.24. The van der Waals surface area contributed by atoms with Gasteiger partial charge in [-0.3, -0.25) is 4.79 Å². The number of carbonyl (C=O) groups excluding carboxylic acids is 1. The SMILES string of the molecule is C[C@@H]1CN(C(=O)c2ccn(-c3cccc(Cl)c3)n2)CCO1. The number of hydrogen-bond acceptors (Lipinski definition) is 3. The largest absolute Gasteiger partial charge is 0.375 e. The van der Waals surface area contributed by atoms with Crippen molar-refractivity contribution in [1.29, 1.82) is 0 Å². The first-order chi connectivity index (χ1) is 10.1. The molecule has 1 aromatic heterocycles. The maximum atomic E-state index is 12.4. The van der Waals surface area contributed by atoms with E-state index in [1.165, 1.54) is 0 Å². The van der Waals surface area contributed by atoms with Crippen molar-refractivity contribution in [1.82, 2.24) is 14.7 Å². The number of amides is 1. The topological polar surface area (TPSA) is 47.4 Å². The van der Waals surface area contributed by atoms with E-state index in [0.717, 1.165) is 5.69 Å². The minimum atomic E-state index is -0.0640. The molecule has 0 saturated carbocycles. The summed E-state index contributed by atoms with van der Waals surface area (Å²) in [4.78, 5) is 14.2. The van der Waals surface area contributed by atoms with E-state index in [9.17, 15) is 4.79 Å². The average molecular weight is 306 g/mol. The van der Waals surface area contributed by atoms with Gasteiger partial charge in [0.25, 0.3) is 5.91 Å². The van der Waals surface area contributed by atoms with E-state index in [2.05, 4.69) is 5.10 Å². The molecule has 0 N–H and O–H groups in total. The maximum absolute atomic E-state index is 12.4. The predicted molar refractivity (Wildman–Crippen MR) is 79.9 cm³/mol. The quantitative estimate of drug-likeness (QED) is 0.856. The zero-order valence-corrected chi connectivity index (χ0v) is 12.5. The van der Waals surface area contributed by atoms with Crippen LogP contribution >= 0.6 is 11.6 Å². The highest BCUT2D eigenvalue weighted by Crippen LogP contribution is 2.15. The zero-order chi connectivity index (χ0) is 14.8. The summed E-state index contributed by atoms with van der Waals surface area (Å²) in [5.74, 6) is -0.0640. The zero-order valence-electron chi connectivity index (χ0n) is 11.7. The van der Waals surface area contributed by atoms with Gasteiger partial charge in [0.05, 0.1) is 18.4 Å². The molecule has 0 unspecified atom stereocenters. The number of aromatic nitrogens is 2. The molecule has 1 fully saturated rings.